The topological polar surface area (TPSA) is 315 Å². The Labute approximate surface area is 260 Å². The van der Waals surface area contributed by atoms with Gasteiger partial charge in [0, 0.05) is 52.4 Å². The molecular formula is C18H31GdN4O15P2. The minimum atomic E-state index is -5.14. The standard InChI is InChI=1S/C18H34N4O15P2.Gd/c23-13(19-3-1-2-18(38(32,33)34)39(35,36)37)8-21(10-15(26)27)6-4-20(9-14(24)25)5-7-22(11-16(28)29)12-17(30)31;/h18H,1-12H2,(H,19,23)(H,24,25)(H,26,27)(H,28,29)(H,30,31)(H2,32,33,34)(H2,35,36,37);/q;+3/p-3. The molecule has 0 aromatic rings. The predicted molar refractivity (Wildman–Crippen MR) is 124 cm³/mol. The Morgan fingerprint density at radius 2 is 1.05 bits per heavy atom. The van der Waals surface area contributed by atoms with Crippen molar-refractivity contribution in [2.24, 2.45) is 4.99 Å². The molecule has 40 heavy (non-hydrogen) atoms. The molecule has 0 unspecified atom stereocenters. The van der Waals surface area contributed by atoms with Crippen LogP contribution < -0.4 is 15.3 Å². The van der Waals surface area contributed by atoms with Crippen molar-refractivity contribution in [3.63, 3.8) is 0 Å². The average Bonchev–Trinajstić information content (AvgIpc) is 2.71. The summed E-state index contributed by atoms with van der Waals surface area (Å²) in [7, 11) is -10.3. The number of hydrogen-bond acceptors (Lipinski definition) is 13. The molecule has 0 atom stereocenters. The van der Waals surface area contributed by atoms with E-state index in [2.05, 4.69) is 4.99 Å². The first kappa shape index (κ1) is 41.0. The van der Waals surface area contributed by atoms with Gasteiger partial charge in [0.05, 0.1) is 25.0 Å². The third kappa shape index (κ3) is 20.7. The van der Waals surface area contributed by atoms with Gasteiger partial charge in [-0.3, -0.25) is 33.4 Å². The van der Waals surface area contributed by atoms with E-state index in [-0.39, 0.29) is 79.1 Å². The predicted octanol–water partition coefficient (Wildman–Crippen LogP) is -6.22. The summed E-state index contributed by atoms with van der Waals surface area (Å²) in [6, 6.07) is 0. The van der Waals surface area contributed by atoms with Crippen molar-refractivity contribution in [2.45, 2.75) is 18.2 Å². The molecular weight excluding hydrogens is 731 g/mol. The third-order valence-electron chi connectivity index (χ3n) is 4.93. The maximum absolute atomic E-state index is 12.2. The van der Waals surface area contributed by atoms with Crippen LogP contribution >= 0.6 is 15.2 Å². The second-order valence-electron chi connectivity index (χ2n) is 8.31. The van der Waals surface area contributed by atoms with Crippen LogP contribution in [0.4, 0.5) is 0 Å². The molecule has 0 aliphatic rings. The number of aliphatic imine (C=N–C) groups is 1. The number of nitrogens with zero attached hydrogens (tertiary/aromatic N) is 4. The first-order valence-electron chi connectivity index (χ1n) is 11.1. The van der Waals surface area contributed by atoms with E-state index in [4.69, 9.17) is 29.8 Å². The van der Waals surface area contributed by atoms with Gasteiger partial charge in [0.2, 0.25) is 0 Å². The molecule has 0 aliphatic carbocycles. The molecule has 0 fully saturated rings. The molecule has 0 spiro atoms. The van der Waals surface area contributed by atoms with E-state index in [0.717, 1.165) is 9.80 Å². The minimum absolute atomic E-state index is 0. The molecule has 6 N–H and O–H groups in total. The zero-order valence-electron chi connectivity index (χ0n) is 21.0. The molecule has 0 rings (SSSR count). The van der Waals surface area contributed by atoms with Crippen molar-refractivity contribution < 1.29 is 113 Å². The fraction of sp³-hybridized carbons (Fsp3) is 0.722. The molecule has 0 aliphatic heterocycles. The van der Waals surface area contributed by atoms with Crippen molar-refractivity contribution in [1.82, 2.24) is 14.7 Å². The van der Waals surface area contributed by atoms with Crippen LogP contribution in [0.1, 0.15) is 12.8 Å². The fourth-order valence-electron chi connectivity index (χ4n) is 3.26. The fourth-order valence-corrected chi connectivity index (χ4v) is 5.87. The molecule has 0 saturated carbocycles. The SMILES string of the molecule is O=C([O-])CN(CCN(CC(=O)O)CC(=O)O)CCN(CC(=O)[O-])CC([O-])=NCCCC(P(=O)(O)O)P(=O)(O)O.[Gd+3]. The summed E-state index contributed by atoms with van der Waals surface area (Å²) in [6.07, 6.45) is -0.928. The molecule has 0 saturated heterocycles. The smallest absolute Gasteiger partial charge is 0.861 e. The Balaban J connectivity index is 0. The zero-order valence-corrected chi connectivity index (χ0v) is 25.0. The summed E-state index contributed by atoms with van der Waals surface area (Å²) in [6.45, 7) is -4.42. The van der Waals surface area contributed by atoms with Gasteiger partial charge in [-0.1, -0.05) is 0 Å². The summed E-state index contributed by atoms with van der Waals surface area (Å²) in [5.74, 6) is -6.64. The molecule has 0 bridgehead atoms. The van der Waals surface area contributed by atoms with E-state index in [1.807, 2.05) is 0 Å². The van der Waals surface area contributed by atoms with Gasteiger partial charge in [0.25, 0.3) is 0 Å². The molecule has 19 nitrogen and oxygen atoms in total. The molecule has 0 heterocycles. The monoisotopic (exact) mass is 763 g/mol. The van der Waals surface area contributed by atoms with Crippen LogP contribution in [0, 0.1) is 39.9 Å². The van der Waals surface area contributed by atoms with Crippen LogP contribution in [-0.2, 0) is 28.3 Å². The van der Waals surface area contributed by atoms with E-state index in [1.54, 1.807) is 0 Å². The molecule has 1 radical (unpaired) electrons. The Morgan fingerprint density at radius 3 is 1.43 bits per heavy atom. The second-order valence-corrected chi connectivity index (χ2v) is 12.3. The molecule has 0 aromatic carbocycles. The molecule has 0 amide bonds. The number of aliphatic carboxylic acids is 4. The zero-order chi connectivity index (χ0) is 30.4. The van der Waals surface area contributed by atoms with E-state index >= 15 is 0 Å². The van der Waals surface area contributed by atoms with Gasteiger partial charge < -0.3 is 59.7 Å². The Kier molecular flexibility index (Phi) is 20.4. The largest absolute Gasteiger partial charge is 3.00 e. The van der Waals surface area contributed by atoms with Gasteiger partial charge in [-0.25, -0.2) is 0 Å². The third-order valence-corrected chi connectivity index (χ3v) is 8.81. The van der Waals surface area contributed by atoms with Crippen LogP contribution in [0.15, 0.2) is 4.99 Å². The maximum atomic E-state index is 12.2. The summed E-state index contributed by atoms with van der Waals surface area (Å²) in [5.41, 5.74) is 0. The average molecular weight is 763 g/mol. The van der Waals surface area contributed by atoms with Gasteiger partial charge in [0.15, 0.2) is 5.40 Å². The first-order valence-corrected chi connectivity index (χ1v) is 14.5. The van der Waals surface area contributed by atoms with E-state index < -0.39 is 89.5 Å². The molecule has 0 aromatic heterocycles. The van der Waals surface area contributed by atoms with E-state index in [1.165, 1.54) is 4.90 Å². The Morgan fingerprint density at radius 1 is 0.675 bits per heavy atom. The van der Waals surface area contributed by atoms with Crippen molar-refractivity contribution >= 4 is 45.0 Å². The van der Waals surface area contributed by atoms with Crippen LogP contribution in [0.25, 0.3) is 0 Å². The number of carbonyl (C=O) groups excluding carboxylic acids is 2. The van der Waals surface area contributed by atoms with Gasteiger partial charge in [0.1, 0.15) is 0 Å². The number of carboxylic acid groups (broad SMARTS) is 4. The second kappa shape index (κ2) is 19.9. The normalized spacial score (nSPS) is 12.7. The summed E-state index contributed by atoms with van der Waals surface area (Å²) < 4.78 is 22.5. The first-order chi connectivity index (χ1) is 17.8. The van der Waals surface area contributed by atoms with Crippen LogP contribution in [0.5, 0.6) is 0 Å². The Hall–Kier alpha value is -1.15. The van der Waals surface area contributed by atoms with Crippen LogP contribution in [0.2, 0.25) is 0 Å². The van der Waals surface area contributed by atoms with Gasteiger partial charge in [-0.2, -0.15) is 0 Å². The van der Waals surface area contributed by atoms with E-state index in [9.17, 15) is 43.6 Å². The maximum Gasteiger partial charge on any atom is 3.00 e. The van der Waals surface area contributed by atoms with Crippen LogP contribution in [0.3, 0.4) is 0 Å². The van der Waals surface area contributed by atoms with Gasteiger partial charge in [-0.15, -0.1) is 0 Å². The van der Waals surface area contributed by atoms with Crippen molar-refractivity contribution in [2.75, 3.05) is 65.4 Å². The number of rotatable bonds is 22. The Bertz CT molecular complexity index is 935. The van der Waals surface area contributed by atoms with Crippen LogP contribution in [-0.4, -0.2) is 145 Å². The quantitative estimate of drug-likeness (QED) is 0.0259. The number of carbonyl (C=O) groups is 4. The summed E-state index contributed by atoms with van der Waals surface area (Å²) in [5, 5.41) is 49.9. The van der Waals surface area contributed by atoms with E-state index in [0.29, 0.717) is 0 Å². The summed E-state index contributed by atoms with van der Waals surface area (Å²) >= 11 is 0. The molecule has 231 valence electrons. The summed E-state index contributed by atoms with van der Waals surface area (Å²) in [4.78, 5) is 87.2. The van der Waals surface area contributed by atoms with Crippen molar-refractivity contribution in [3.8, 4) is 0 Å². The van der Waals surface area contributed by atoms with Gasteiger partial charge in [-0.05, 0) is 18.7 Å². The number of carboxylic acids is 4. The van der Waals surface area contributed by atoms with Crippen molar-refractivity contribution in [1.29, 1.82) is 0 Å². The number of hydrogen-bond donors (Lipinski definition) is 6. The molecule has 22 heteroatoms. The van der Waals surface area contributed by atoms with Crippen molar-refractivity contribution in [3.05, 3.63) is 0 Å². The minimum Gasteiger partial charge on any atom is -0.861 e. The van der Waals surface area contributed by atoms with Gasteiger partial charge >= 0.3 is 67.1 Å².